The lowest BCUT2D eigenvalue weighted by Gasteiger charge is -2.22. The fourth-order valence-electron chi connectivity index (χ4n) is 2.13. The predicted octanol–water partition coefficient (Wildman–Crippen LogP) is 3.14. The molecule has 0 aliphatic heterocycles. The van der Waals surface area contributed by atoms with Crippen LogP contribution in [-0.2, 0) is 9.47 Å². The van der Waals surface area contributed by atoms with Crippen molar-refractivity contribution in [1.29, 1.82) is 0 Å². The van der Waals surface area contributed by atoms with Gasteiger partial charge in [-0.2, -0.15) is 0 Å². The quantitative estimate of drug-likeness (QED) is 0.669. The smallest absolute Gasteiger partial charge is 0.169 e. The molecule has 1 rings (SSSR count). The highest BCUT2D eigenvalue weighted by molar-refractivity contribution is 5.30. The van der Waals surface area contributed by atoms with Gasteiger partial charge in [0.25, 0.3) is 0 Å². The number of hydrogen-bond acceptors (Lipinski definition) is 4. The van der Waals surface area contributed by atoms with Crippen molar-refractivity contribution in [3.05, 3.63) is 29.8 Å². The van der Waals surface area contributed by atoms with E-state index in [1.807, 2.05) is 26.0 Å². The second-order valence-electron chi connectivity index (χ2n) is 4.49. The van der Waals surface area contributed by atoms with Crippen LogP contribution >= 0.6 is 0 Å². The van der Waals surface area contributed by atoms with Crippen molar-refractivity contribution in [3.8, 4) is 5.75 Å². The molecule has 0 heterocycles. The largest absolute Gasteiger partial charge is 0.497 e. The van der Waals surface area contributed by atoms with Crippen LogP contribution in [-0.4, -0.2) is 33.2 Å². The van der Waals surface area contributed by atoms with Gasteiger partial charge in [-0.15, -0.1) is 0 Å². The average Bonchev–Trinajstić information content (AvgIpc) is 2.48. The van der Waals surface area contributed by atoms with Crippen LogP contribution < -0.4 is 10.1 Å². The summed E-state index contributed by atoms with van der Waals surface area (Å²) in [5.41, 5.74) is 1.22. The Morgan fingerprint density at radius 2 is 1.80 bits per heavy atom. The Bertz CT molecular complexity index is 364. The topological polar surface area (TPSA) is 39.7 Å². The number of ether oxygens (including phenoxy) is 3. The number of rotatable bonds is 10. The van der Waals surface area contributed by atoms with Gasteiger partial charge in [0.15, 0.2) is 6.29 Å². The third kappa shape index (κ3) is 5.49. The fourth-order valence-corrected chi connectivity index (χ4v) is 2.13. The first kappa shape index (κ1) is 17.0. The number of benzene rings is 1. The SMILES string of the molecule is CCOC(CNC(CC)c1cccc(OC)c1)OCC. The van der Waals surface area contributed by atoms with E-state index in [1.165, 1.54) is 5.56 Å². The number of methoxy groups -OCH3 is 1. The minimum atomic E-state index is -0.190. The van der Waals surface area contributed by atoms with E-state index in [-0.39, 0.29) is 12.3 Å². The third-order valence-corrected chi connectivity index (χ3v) is 3.14. The molecule has 1 unspecified atom stereocenters. The Morgan fingerprint density at radius 3 is 2.35 bits per heavy atom. The minimum absolute atomic E-state index is 0.190. The summed E-state index contributed by atoms with van der Waals surface area (Å²) < 4.78 is 16.4. The molecule has 0 aliphatic carbocycles. The van der Waals surface area contributed by atoms with Crippen molar-refractivity contribution in [2.24, 2.45) is 0 Å². The van der Waals surface area contributed by atoms with Crippen LogP contribution in [0.5, 0.6) is 5.75 Å². The molecule has 0 saturated carbocycles. The lowest BCUT2D eigenvalue weighted by molar-refractivity contribution is -0.133. The molecular weight excluding hydrogens is 254 g/mol. The van der Waals surface area contributed by atoms with Crippen molar-refractivity contribution in [2.45, 2.75) is 39.5 Å². The van der Waals surface area contributed by atoms with Gasteiger partial charge in [-0.25, -0.2) is 0 Å². The fraction of sp³-hybridized carbons (Fsp3) is 0.625. The average molecular weight is 281 g/mol. The summed E-state index contributed by atoms with van der Waals surface area (Å²) in [6, 6.07) is 8.42. The van der Waals surface area contributed by atoms with E-state index in [0.717, 1.165) is 12.2 Å². The summed E-state index contributed by atoms with van der Waals surface area (Å²) in [4.78, 5) is 0. The Balaban J connectivity index is 2.61. The molecule has 0 aromatic heterocycles. The molecule has 0 amide bonds. The van der Waals surface area contributed by atoms with E-state index in [9.17, 15) is 0 Å². The molecule has 0 radical (unpaired) electrons. The number of nitrogens with one attached hydrogen (secondary N) is 1. The van der Waals surface area contributed by atoms with Crippen LogP contribution in [0.3, 0.4) is 0 Å². The maximum atomic E-state index is 5.55. The van der Waals surface area contributed by atoms with E-state index in [2.05, 4.69) is 24.4 Å². The van der Waals surface area contributed by atoms with Crippen LogP contribution in [0, 0.1) is 0 Å². The van der Waals surface area contributed by atoms with Crippen molar-refractivity contribution >= 4 is 0 Å². The molecule has 4 nitrogen and oxygen atoms in total. The summed E-state index contributed by atoms with van der Waals surface area (Å²) in [6.07, 6.45) is 0.808. The zero-order valence-corrected chi connectivity index (χ0v) is 13.0. The van der Waals surface area contributed by atoms with Crippen molar-refractivity contribution in [3.63, 3.8) is 0 Å². The Morgan fingerprint density at radius 1 is 1.10 bits per heavy atom. The molecule has 1 aromatic rings. The van der Waals surface area contributed by atoms with E-state index in [0.29, 0.717) is 19.8 Å². The molecular formula is C16H27NO3. The summed E-state index contributed by atoms with van der Waals surface area (Å²) >= 11 is 0. The highest BCUT2D eigenvalue weighted by Crippen LogP contribution is 2.21. The van der Waals surface area contributed by atoms with Gasteiger partial charge in [0.05, 0.1) is 7.11 Å². The molecule has 0 bridgehead atoms. The first-order valence-corrected chi connectivity index (χ1v) is 7.35. The zero-order chi connectivity index (χ0) is 14.8. The normalized spacial score (nSPS) is 12.7. The maximum Gasteiger partial charge on any atom is 0.169 e. The van der Waals surface area contributed by atoms with Gasteiger partial charge in [-0.1, -0.05) is 19.1 Å². The minimum Gasteiger partial charge on any atom is -0.497 e. The Labute approximate surface area is 122 Å². The number of hydrogen-bond donors (Lipinski definition) is 1. The van der Waals surface area contributed by atoms with Gasteiger partial charge >= 0.3 is 0 Å². The van der Waals surface area contributed by atoms with Crippen LogP contribution in [0.2, 0.25) is 0 Å². The van der Waals surface area contributed by atoms with E-state index in [1.54, 1.807) is 7.11 Å². The van der Waals surface area contributed by atoms with Crippen molar-refractivity contribution < 1.29 is 14.2 Å². The molecule has 114 valence electrons. The standard InChI is InChI=1S/C16H27NO3/c1-5-15(13-9-8-10-14(11-13)18-4)17-12-16(19-6-2)20-7-3/h8-11,15-17H,5-7,12H2,1-4H3. The van der Waals surface area contributed by atoms with Crippen LogP contribution in [0.4, 0.5) is 0 Å². The highest BCUT2D eigenvalue weighted by atomic mass is 16.7. The Hall–Kier alpha value is -1.10. The van der Waals surface area contributed by atoms with Gasteiger partial charge in [0.1, 0.15) is 5.75 Å². The van der Waals surface area contributed by atoms with Gasteiger partial charge in [-0.05, 0) is 38.0 Å². The van der Waals surface area contributed by atoms with E-state index in [4.69, 9.17) is 14.2 Å². The van der Waals surface area contributed by atoms with Gasteiger partial charge < -0.3 is 19.5 Å². The molecule has 0 spiro atoms. The van der Waals surface area contributed by atoms with Gasteiger partial charge in [0.2, 0.25) is 0 Å². The molecule has 1 aromatic carbocycles. The third-order valence-electron chi connectivity index (χ3n) is 3.14. The van der Waals surface area contributed by atoms with Crippen LogP contribution in [0.1, 0.15) is 38.8 Å². The molecule has 4 heteroatoms. The van der Waals surface area contributed by atoms with Crippen LogP contribution in [0.15, 0.2) is 24.3 Å². The molecule has 0 fully saturated rings. The Kier molecular flexibility index (Phi) is 8.26. The molecule has 0 aliphatic rings. The maximum absolute atomic E-state index is 5.55. The first-order chi connectivity index (χ1) is 9.74. The molecule has 20 heavy (non-hydrogen) atoms. The molecule has 1 N–H and O–H groups in total. The van der Waals surface area contributed by atoms with Gasteiger partial charge in [0, 0.05) is 25.8 Å². The molecule has 1 atom stereocenters. The summed E-state index contributed by atoms with van der Waals surface area (Å²) in [6.45, 7) is 8.10. The highest BCUT2D eigenvalue weighted by Gasteiger charge is 2.13. The lowest BCUT2D eigenvalue weighted by Crippen LogP contribution is -2.34. The van der Waals surface area contributed by atoms with Gasteiger partial charge in [-0.3, -0.25) is 0 Å². The van der Waals surface area contributed by atoms with E-state index < -0.39 is 0 Å². The second kappa shape index (κ2) is 9.75. The predicted molar refractivity (Wildman–Crippen MR) is 81.1 cm³/mol. The summed E-state index contributed by atoms with van der Waals surface area (Å²) in [7, 11) is 1.69. The second-order valence-corrected chi connectivity index (χ2v) is 4.49. The van der Waals surface area contributed by atoms with Crippen LogP contribution in [0.25, 0.3) is 0 Å². The lowest BCUT2D eigenvalue weighted by atomic mass is 10.0. The first-order valence-electron chi connectivity index (χ1n) is 7.35. The zero-order valence-electron chi connectivity index (χ0n) is 13.0. The summed E-state index contributed by atoms with van der Waals surface area (Å²) in [5.74, 6) is 0.883. The van der Waals surface area contributed by atoms with E-state index >= 15 is 0 Å². The van der Waals surface area contributed by atoms with Crippen molar-refractivity contribution in [2.75, 3.05) is 26.9 Å². The molecule has 0 saturated heterocycles. The monoisotopic (exact) mass is 281 g/mol. The van der Waals surface area contributed by atoms with Crippen molar-refractivity contribution in [1.82, 2.24) is 5.32 Å². The summed E-state index contributed by atoms with van der Waals surface area (Å²) in [5, 5.41) is 3.50.